The number of hydrogen-bond acceptors (Lipinski definition) is 6. The van der Waals surface area contributed by atoms with Crippen molar-refractivity contribution in [3.8, 4) is 0 Å². The Balaban J connectivity index is 2.08. The summed E-state index contributed by atoms with van der Waals surface area (Å²) in [4.78, 5) is 58.3. The number of nitrogens with zero attached hydrogens (tertiary/aromatic N) is 1. The Labute approximate surface area is 157 Å². The molecule has 10 heteroatoms. The molecule has 27 heavy (non-hydrogen) atoms. The van der Waals surface area contributed by atoms with Crippen LogP contribution in [0.25, 0.3) is 0 Å². The largest absolute Gasteiger partial charge is 0.379 e. The molecule has 0 bridgehead atoms. The van der Waals surface area contributed by atoms with Gasteiger partial charge in [0.15, 0.2) is 0 Å². The first-order valence-electron chi connectivity index (χ1n) is 8.69. The summed E-state index contributed by atoms with van der Waals surface area (Å²) in [6.07, 6.45) is 2.40. The van der Waals surface area contributed by atoms with Crippen LogP contribution in [0.1, 0.15) is 26.7 Å². The highest BCUT2D eigenvalue weighted by Gasteiger charge is 2.23. The maximum Gasteiger partial charge on any atom is 0.253 e. The van der Waals surface area contributed by atoms with Gasteiger partial charge in [0.05, 0.1) is 13.2 Å². The van der Waals surface area contributed by atoms with E-state index in [2.05, 4.69) is 10.6 Å². The molecule has 10 nitrogen and oxygen atoms in total. The molecule has 0 radical (unpaired) electrons. The number of rotatable bonds is 12. The minimum atomic E-state index is -0.721. The van der Waals surface area contributed by atoms with E-state index in [4.69, 9.17) is 10.5 Å². The fourth-order valence-electron chi connectivity index (χ4n) is 2.29. The molecule has 0 aliphatic carbocycles. The Morgan fingerprint density at radius 3 is 2.26 bits per heavy atom. The third-order valence-electron chi connectivity index (χ3n) is 3.79. The maximum atomic E-state index is 11.7. The van der Waals surface area contributed by atoms with Gasteiger partial charge in [0.1, 0.15) is 6.04 Å². The summed E-state index contributed by atoms with van der Waals surface area (Å²) in [5.74, 6) is -2.20. The van der Waals surface area contributed by atoms with Crippen LogP contribution in [-0.2, 0) is 28.7 Å². The first-order chi connectivity index (χ1) is 12.7. The molecule has 0 fully saturated rings. The second-order valence-electron chi connectivity index (χ2n) is 6.32. The Morgan fingerprint density at radius 1 is 1.07 bits per heavy atom. The summed E-state index contributed by atoms with van der Waals surface area (Å²) >= 11 is 0. The molecule has 0 aromatic carbocycles. The van der Waals surface area contributed by atoms with Crippen molar-refractivity contribution in [1.82, 2.24) is 15.5 Å². The highest BCUT2D eigenvalue weighted by Crippen LogP contribution is 2.04. The maximum absolute atomic E-state index is 11.7. The van der Waals surface area contributed by atoms with Crippen molar-refractivity contribution < 1.29 is 28.7 Å². The predicted octanol–water partition coefficient (Wildman–Crippen LogP) is -1.55. The van der Waals surface area contributed by atoms with E-state index in [9.17, 15) is 24.0 Å². The van der Waals surface area contributed by atoms with Crippen molar-refractivity contribution in [3.63, 3.8) is 0 Å². The fraction of sp³-hybridized carbons (Fsp3) is 0.588. The molecular formula is C17H26N4O6. The third kappa shape index (κ3) is 7.99. The third-order valence-corrected chi connectivity index (χ3v) is 3.79. The molecule has 1 heterocycles. The zero-order chi connectivity index (χ0) is 20.4. The first-order valence-corrected chi connectivity index (χ1v) is 8.69. The Bertz CT molecular complexity index is 599. The van der Waals surface area contributed by atoms with Gasteiger partial charge in [-0.2, -0.15) is 0 Å². The summed E-state index contributed by atoms with van der Waals surface area (Å²) in [5.41, 5.74) is 5.22. The monoisotopic (exact) mass is 382 g/mol. The number of nitrogens with one attached hydrogen (secondary N) is 2. The molecule has 0 spiro atoms. The van der Waals surface area contributed by atoms with E-state index in [1.807, 2.05) is 0 Å². The zero-order valence-electron chi connectivity index (χ0n) is 15.5. The van der Waals surface area contributed by atoms with Crippen LogP contribution in [0, 0.1) is 5.92 Å². The minimum absolute atomic E-state index is 0.00523. The quantitative estimate of drug-likeness (QED) is 0.275. The van der Waals surface area contributed by atoms with Crippen molar-refractivity contribution in [2.45, 2.75) is 32.7 Å². The van der Waals surface area contributed by atoms with Gasteiger partial charge in [-0.15, -0.1) is 0 Å². The summed E-state index contributed by atoms with van der Waals surface area (Å²) < 4.78 is 5.25. The summed E-state index contributed by atoms with van der Waals surface area (Å²) in [7, 11) is 0. The zero-order valence-corrected chi connectivity index (χ0v) is 15.5. The highest BCUT2D eigenvalue weighted by molar-refractivity contribution is 6.13. The van der Waals surface area contributed by atoms with Gasteiger partial charge in [0.25, 0.3) is 11.8 Å². The molecule has 150 valence electrons. The van der Waals surface area contributed by atoms with Crippen molar-refractivity contribution in [2.75, 3.05) is 26.3 Å². The fourth-order valence-corrected chi connectivity index (χ4v) is 2.29. The van der Waals surface area contributed by atoms with Crippen molar-refractivity contribution >= 4 is 29.5 Å². The van der Waals surface area contributed by atoms with E-state index in [1.165, 1.54) is 0 Å². The van der Waals surface area contributed by atoms with E-state index >= 15 is 0 Å². The van der Waals surface area contributed by atoms with Gasteiger partial charge in [0, 0.05) is 38.1 Å². The van der Waals surface area contributed by atoms with Crippen LogP contribution in [-0.4, -0.2) is 66.8 Å². The first kappa shape index (κ1) is 22.3. The van der Waals surface area contributed by atoms with E-state index in [0.717, 1.165) is 17.1 Å². The number of nitrogens with two attached hydrogens (primary N) is 1. The Kier molecular flexibility index (Phi) is 9.14. The van der Waals surface area contributed by atoms with Crippen LogP contribution in [0.3, 0.4) is 0 Å². The highest BCUT2D eigenvalue weighted by atomic mass is 16.5. The second-order valence-corrected chi connectivity index (χ2v) is 6.32. The molecule has 1 atom stereocenters. The lowest BCUT2D eigenvalue weighted by Crippen LogP contribution is -2.47. The standard InChI is InChI=1S/C17H26N4O6/c1-11(2)16(17(18)26)20-13(23)6-9-27-10-7-19-12(22)5-8-21-14(24)3-4-15(21)25/h3-4,11,16H,5-10H2,1-2H3,(H2,18,26)(H,19,22)(H,20,23)/t16-/m0/s1. The van der Waals surface area contributed by atoms with Crippen molar-refractivity contribution in [2.24, 2.45) is 11.7 Å². The Morgan fingerprint density at radius 2 is 1.70 bits per heavy atom. The molecule has 1 aliphatic rings. The van der Waals surface area contributed by atoms with Crippen LogP contribution >= 0.6 is 0 Å². The number of hydrogen-bond donors (Lipinski definition) is 3. The molecule has 1 aliphatic heterocycles. The van der Waals surface area contributed by atoms with Gasteiger partial charge in [-0.1, -0.05) is 13.8 Å². The van der Waals surface area contributed by atoms with Gasteiger partial charge >= 0.3 is 0 Å². The lowest BCUT2D eigenvalue weighted by molar-refractivity contribution is -0.137. The number of primary amides is 1. The van der Waals surface area contributed by atoms with Crippen LogP contribution in [0.15, 0.2) is 12.2 Å². The number of amides is 5. The minimum Gasteiger partial charge on any atom is -0.379 e. The van der Waals surface area contributed by atoms with E-state index in [0.29, 0.717) is 0 Å². The molecular weight excluding hydrogens is 356 g/mol. The van der Waals surface area contributed by atoms with E-state index < -0.39 is 23.8 Å². The van der Waals surface area contributed by atoms with Crippen molar-refractivity contribution in [3.05, 3.63) is 12.2 Å². The summed E-state index contributed by atoms with van der Waals surface area (Å²) in [6, 6.07) is -0.721. The number of carbonyl (C=O) groups is 5. The van der Waals surface area contributed by atoms with Gasteiger partial charge in [-0.3, -0.25) is 28.9 Å². The number of imide groups is 1. The van der Waals surface area contributed by atoms with E-state index in [-0.39, 0.29) is 56.9 Å². The normalized spacial score (nSPS) is 14.6. The molecule has 5 amide bonds. The number of carbonyl (C=O) groups excluding carboxylic acids is 5. The molecule has 1 rings (SSSR count). The SMILES string of the molecule is CC(C)[C@H](NC(=O)CCOCCNC(=O)CCN1C(=O)C=CC1=O)C(N)=O. The predicted molar refractivity (Wildman–Crippen MR) is 94.9 cm³/mol. The second kappa shape index (κ2) is 11.1. The Hall–Kier alpha value is -2.75. The lowest BCUT2D eigenvalue weighted by atomic mass is 10.0. The molecule has 0 aromatic heterocycles. The van der Waals surface area contributed by atoms with Crippen LogP contribution in [0.5, 0.6) is 0 Å². The summed E-state index contributed by atoms with van der Waals surface area (Å²) in [5, 5.41) is 5.14. The topological polar surface area (TPSA) is 148 Å². The van der Waals surface area contributed by atoms with Crippen molar-refractivity contribution in [1.29, 1.82) is 0 Å². The average molecular weight is 382 g/mol. The molecule has 0 unspecified atom stereocenters. The summed E-state index contributed by atoms with van der Waals surface area (Å²) in [6.45, 7) is 4.14. The molecule has 0 saturated carbocycles. The van der Waals surface area contributed by atoms with Gasteiger partial charge in [-0.05, 0) is 5.92 Å². The molecule has 0 saturated heterocycles. The van der Waals surface area contributed by atoms with Gasteiger partial charge in [0.2, 0.25) is 17.7 Å². The lowest BCUT2D eigenvalue weighted by Gasteiger charge is -2.18. The molecule has 0 aromatic rings. The van der Waals surface area contributed by atoms with Crippen LogP contribution < -0.4 is 16.4 Å². The molecule has 4 N–H and O–H groups in total. The van der Waals surface area contributed by atoms with Gasteiger partial charge < -0.3 is 21.1 Å². The van der Waals surface area contributed by atoms with Crippen LogP contribution in [0.4, 0.5) is 0 Å². The van der Waals surface area contributed by atoms with Crippen LogP contribution in [0.2, 0.25) is 0 Å². The smallest absolute Gasteiger partial charge is 0.253 e. The average Bonchev–Trinajstić information content (AvgIpc) is 2.91. The van der Waals surface area contributed by atoms with E-state index in [1.54, 1.807) is 13.8 Å². The van der Waals surface area contributed by atoms with Gasteiger partial charge in [-0.25, -0.2) is 0 Å². The number of ether oxygens (including phenoxy) is 1.